The van der Waals surface area contributed by atoms with E-state index in [-0.39, 0.29) is 0 Å². The summed E-state index contributed by atoms with van der Waals surface area (Å²) in [6.45, 7) is 3.10. The Morgan fingerprint density at radius 2 is 2.36 bits per heavy atom. The Kier molecular flexibility index (Phi) is 2.09. The van der Waals surface area contributed by atoms with Crippen molar-refractivity contribution in [2.45, 2.75) is 12.5 Å². The molecule has 0 bridgehead atoms. The molecule has 2 saturated heterocycles. The minimum Gasteiger partial charge on any atom is -0.376 e. The van der Waals surface area contributed by atoms with E-state index in [4.69, 9.17) is 4.74 Å². The van der Waals surface area contributed by atoms with Gasteiger partial charge < -0.3 is 4.74 Å². The van der Waals surface area contributed by atoms with E-state index in [1.807, 2.05) is 7.05 Å². The summed E-state index contributed by atoms with van der Waals surface area (Å²) in [4.78, 5) is 0. The van der Waals surface area contributed by atoms with Crippen molar-refractivity contribution in [2.75, 3.05) is 26.7 Å². The van der Waals surface area contributed by atoms with Gasteiger partial charge in [0.2, 0.25) is 0 Å². The zero-order chi connectivity index (χ0) is 7.68. The molecule has 0 spiro atoms. The first kappa shape index (κ1) is 7.49. The van der Waals surface area contributed by atoms with E-state index in [9.17, 15) is 0 Å². The lowest BCUT2D eigenvalue weighted by Crippen LogP contribution is -2.44. The third kappa shape index (κ3) is 1.39. The highest BCUT2D eigenvalue weighted by atomic mass is 16.5. The molecule has 0 aliphatic carbocycles. The predicted octanol–water partition coefficient (Wildman–Crippen LogP) is -0.654. The van der Waals surface area contributed by atoms with Crippen LogP contribution in [0.5, 0.6) is 0 Å². The van der Waals surface area contributed by atoms with Crippen LogP contribution in [0.25, 0.3) is 0 Å². The highest BCUT2D eigenvalue weighted by Crippen LogP contribution is 2.27. The molecule has 2 aliphatic heterocycles. The minimum absolute atomic E-state index is 0.482. The summed E-state index contributed by atoms with van der Waals surface area (Å²) in [6.07, 6.45) is 1.71. The van der Waals surface area contributed by atoms with Crippen molar-refractivity contribution in [3.8, 4) is 0 Å². The van der Waals surface area contributed by atoms with Gasteiger partial charge in [0.05, 0.1) is 6.10 Å². The van der Waals surface area contributed by atoms with Gasteiger partial charge in [0.15, 0.2) is 0 Å². The number of hydrogen-bond acceptors (Lipinski definition) is 4. The fourth-order valence-electron chi connectivity index (χ4n) is 1.93. The highest BCUT2D eigenvalue weighted by Gasteiger charge is 2.36. The Hall–Kier alpha value is -0.160. The Labute approximate surface area is 66.8 Å². The van der Waals surface area contributed by atoms with E-state index in [2.05, 4.69) is 16.0 Å². The van der Waals surface area contributed by atoms with Gasteiger partial charge in [-0.1, -0.05) is 0 Å². The molecule has 2 fully saturated rings. The SMILES string of the molecule is CNNN1CC2CCOC2C1. The lowest BCUT2D eigenvalue weighted by molar-refractivity contribution is 0.0850. The molecule has 64 valence electrons. The number of nitrogens with zero attached hydrogens (tertiary/aromatic N) is 1. The van der Waals surface area contributed by atoms with Gasteiger partial charge in [0, 0.05) is 25.6 Å². The van der Waals surface area contributed by atoms with Gasteiger partial charge in [-0.15, -0.1) is 0 Å². The van der Waals surface area contributed by atoms with Crippen molar-refractivity contribution in [1.29, 1.82) is 0 Å². The fraction of sp³-hybridized carbons (Fsp3) is 1.00. The average molecular weight is 157 g/mol. The first-order valence-electron chi connectivity index (χ1n) is 4.19. The van der Waals surface area contributed by atoms with Crippen LogP contribution in [-0.4, -0.2) is 37.9 Å². The summed E-state index contributed by atoms with van der Waals surface area (Å²) in [5.74, 6) is 0.760. The van der Waals surface area contributed by atoms with Crippen LogP contribution in [0.15, 0.2) is 0 Å². The summed E-state index contributed by atoms with van der Waals surface area (Å²) in [7, 11) is 1.88. The van der Waals surface area contributed by atoms with Crippen LogP contribution in [0.2, 0.25) is 0 Å². The molecule has 2 heterocycles. The molecule has 0 amide bonds. The van der Waals surface area contributed by atoms with Crippen LogP contribution in [0.1, 0.15) is 6.42 Å². The second kappa shape index (κ2) is 3.06. The maximum atomic E-state index is 5.54. The average Bonchev–Trinajstić information content (AvgIpc) is 2.46. The van der Waals surface area contributed by atoms with E-state index < -0.39 is 0 Å². The number of rotatable bonds is 2. The molecule has 2 rings (SSSR count). The maximum absolute atomic E-state index is 5.54. The van der Waals surface area contributed by atoms with Crippen molar-refractivity contribution in [2.24, 2.45) is 5.92 Å². The maximum Gasteiger partial charge on any atom is 0.0758 e. The molecular weight excluding hydrogens is 142 g/mol. The highest BCUT2D eigenvalue weighted by molar-refractivity contribution is 4.86. The Morgan fingerprint density at radius 1 is 1.45 bits per heavy atom. The predicted molar refractivity (Wildman–Crippen MR) is 41.6 cm³/mol. The number of ether oxygens (including phenoxy) is 1. The summed E-state index contributed by atoms with van der Waals surface area (Å²) in [5.41, 5.74) is 6.00. The van der Waals surface area contributed by atoms with Crippen molar-refractivity contribution in [3.63, 3.8) is 0 Å². The van der Waals surface area contributed by atoms with E-state index >= 15 is 0 Å². The molecule has 4 nitrogen and oxygen atoms in total. The van der Waals surface area contributed by atoms with E-state index in [1.165, 1.54) is 6.42 Å². The van der Waals surface area contributed by atoms with E-state index in [0.29, 0.717) is 6.10 Å². The molecule has 0 aromatic rings. The molecule has 2 aliphatic rings. The van der Waals surface area contributed by atoms with Gasteiger partial charge in [0.25, 0.3) is 0 Å². The molecule has 2 atom stereocenters. The van der Waals surface area contributed by atoms with Gasteiger partial charge in [-0.05, 0) is 13.5 Å². The number of fused-ring (bicyclic) bond motifs is 1. The largest absolute Gasteiger partial charge is 0.376 e. The summed E-state index contributed by atoms with van der Waals surface area (Å²) < 4.78 is 5.54. The van der Waals surface area contributed by atoms with Crippen molar-refractivity contribution >= 4 is 0 Å². The number of hydrogen-bond donors (Lipinski definition) is 2. The van der Waals surface area contributed by atoms with Crippen LogP contribution in [0, 0.1) is 5.92 Å². The molecule has 2 N–H and O–H groups in total. The third-order valence-corrected chi connectivity index (χ3v) is 2.47. The quantitative estimate of drug-likeness (QED) is 0.522. The Morgan fingerprint density at radius 3 is 3.09 bits per heavy atom. The molecular formula is C7H15N3O. The van der Waals surface area contributed by atoms with Gasteiger partial charge >= 0.3 is 0 Å². The van der Waals surface area contributed by atoms with Crippen LogP contribution < -0.4 is 11.0 Å². The van der Waals surface area contributed by atoms with Gasteiger partial charge in [-0.25, -0.2) is 10.4 Å². The van der Waals surface area contributed by atoms with Crippen LogP contribution >= 0.6 is 0 Å². The second-order valence-corrected chi connectivity index (χ2v) is 3.22. The minimum atomic E-state index is 0.482. The molecule has 0 aromatic carbocycles. The number of nitrogens with one attached hydrogen (secondary N) is 2. The van der Waals surface area contributed by atoms with Crippen molar-refractivity contribution in [1.82, 2.24) is 16.0 Å². The molecule has 11 heavy (non-hydrogen) atoms. The molecule has 2 unspecified atom stereocenters. The second-order valence-electron chi connectivity index (χ2n) is 3.22. The monoisotopic (exact) mass is 157 g/mol. The van der Waals surface area contributed by atoms with Crippen LogP contribution in [-0.2, 0) is 4.74 Å². The fourth-order valence-corrected chi connectivity index (χ4v) is 1.93. The lowest BCUT2D eigenvalue weighted by Gasteiger charge is -2.16. The van der Waals surface area contributed by atoms with E-state index in [0.717, 1.165) is 25.6 Å². The summed E-state index contributed by atoms with van der Waals surface area (Å²) >= 11 is 0. The van der Waals surface area contributed by atoms with E-state index in [1.54, 1.807) is 0 Å². The molecule has 0 radical (unpaired) electrons. The first-order chi connectivity index (χ1) is 5.40. The van der Waals surface area contributed by atoms with Gasteiger partial charge in [0.1, 0.15) is 0 Å². The summed E-state index contributed by atoms with van der Waals surface area (Å²) in [6, 6.07) is 0. The smallest absolute Gasteiger partial charge is 0.0758 e. The van der Waals surface area contributed by atoms with Gasteiger partial charge in [-0.2, -0.15) is 5.53 Å². The van der Waals surface area contributed by atoms with Crippen LogP contribution in [0.4, 0.5) is 0 Å². The Balaban J connectivity index is 1.84. The van der Waals surface area contributed by atoms with Crippen LogP contribution in [0.3, 0.4) is 0 Å². The zero-order valence-corrected chi connectivity index (χ0v) is 6.84. The van der Waals surface area contributed by atoms with Gasteiger partial charge in [-0.3, -0.25) is 0 Å². The van der Waals surface area contributed by atoms with Crippen molar-refractivity contribution < 1.29 is 4.74 Å². The molecule has 0 aromatic heterocycles. The van der Waals surface area contributed by atoms with Crippen molar-refractivity contribution in [3.05, 3.63) is 0 Å². The summed E-state index contributed by atoms with van der Waals surface area (Å²) in [5, 5.41) is 2.18. The standard InChI is InChI=1S/C7H15N3O/c1-8-9-10-4-6-2-3-11-7(6)5-10/h6-9H,2-5H2,1H3. The zero-order valence-electron chi connectivity index (χ0n) is 6.84. The Bertz CT molecular complexity index is 130. The number of hydrazine groups is 2. The first-order valence-corrected chi connectivity index (χ1v) is 4.19. The topological polar surface area (TPSA) is 36.5 Å². The molecule has 0 saturated carbocycles. The molecule has 4 heteroatoms. The third-order valence-electron chi connectivity index (χ3n) is 2.47. The lowest BCUT2D eigenvalue weighted by atomic mass is 10.1. The normalized spacial score (nSPS) is 37.9.